The van der Waals surface area contributed by atoms with Gasteiger partial charge in [-0.25, -0.2) is 0 Å². The first kappa shape index (κ1) is 19.0. The highest BCUT2D eigenvalue weighted by Crippen LogP contribution is 2.18. The van der Waals surface area contributed by atoms with Crippen LogP contribution in [0.1, 0.15) is 33.7 Å². The van der Waals surface area contributed by atoms with Gasteiger partial charge in [-0.3, -0.25) is 14.7 Å². The van der Waals surface area contributed by atoms with Crippen molar-refractivity contribution in [3.8, 4) is 0 Å². The van der Waals surface area contributed by atoms with Gasteiger partial charge >= 0.3 is 0 Å². The lowest BCUT2D eigenvalue weighted by molar-refractivity contribution is 0.0962. The van der Waals surface area contributed by atoms with Crippen molar-refractivity contribution in [1.29, 1.82) is 0 Å². The third-order valence-electron chi connectivity index (χ3n) is 3.93. The van der Waals surface area contributed by atoms with E-state index < -0.39 is 0 Å². The molecule has 1 aliphatic heterocycles. The Morgan fingerprint density at radius 2 is 2.28 bits per heavy atom. The van der Waals surface area contributed by atoms with Gasteiger partial charge in [0.1, 0.15) is 0 Å². The number of halogens is 1. The summed E-state index contributed by atoms with van der Waals surface area (Å²) in [5.41, 5.74) is 1.29. The molecule has 3 rings (SSSR count). The van der Waals surface area contributed by atoms with Crippen LogP contribution in [0.4, 0.5) is 0 Å². The summed E-state index contributed by atoms with van der Waals surface area (Å²) in [5.74, 6) is 0.918. The molecule has 1 fully saturated rings. The fourth-order valence-electron chi connectivity index (χ4n) is 2.53. The smallest absolute Gasteiger partial charge is 0.252 e. The number of rotatable bonds is 4. The van der Waals surface area contributed by atoms with Gasteiger partial charge in [-0.05, 0) is 24.8 Å². The van der Waals surface area contributed by atoms with E-state index in [1.807, 2.05) is 7.05 Å². The quantitative estimate of drug-likeness (QED) is 0.835. The fourth-order valence-corrected chi connectivity index (χ4v) is 2.53. The van der Waals surface area contributed by atoms with Gasteiger partial charge in [-0.2, -0.15) is 4.98 Å². The zero-order valence-electron chi connectivity index (χ0n) is 14.1. The minimum atomic E-state index is -0.175. The average molecular weight is 365 g/mol. The highest BCUT2D eigenvalue weighted by atomic mass is 35.5. The first-order valence-corrected chi connectivity index (χ1v) is 7.77. The molecule has 0 bridgehead atoms. The molecule has 8 nitrogen and oxygen atoms in total. The van der Waals surface area contributed by atoms with Crippen molar-refractivity contribution in [1.82, 2.24) is 30.7 Å². The van der Waals surface area contributed by atoms with E-state index in [2.05, 4.69) is 30.7 Å². The number of hydrogen-bond acceptors (Lipinski definition) is 7. The van der Waals surface area contributed by atoms with Crippen molar-refractivity contribution < 1.29 is 9.32 Å². The van der Waals surface area contributed by atoms with E-state index in [0.717, 1.165) is 25.2 Å². The van der Waals surface area contributed by atoms with Crippen molar-refractivity contribution in [3.05, 3.63) is 41.3 Å². The highest BCUT2D eigenvalue weighted by Gasteiger charge is 2.24. The van der Waals surface area contributed by atoms with Crippen molar-refractivity contribution >= 4 is 30.5 Å². The van der Waals surface area contributed by atoms with Crippen LogP contribution in [0.25, 0.3) is 12.2 Å². The molecule has 2 N–H and O–H groups in total. The Bertz CT molecular complexity index is 748. The van der Waals surface area contributed by atoms with Crippen molar-refractivity contribution in [2.24, 2.45) is 0 Å². The average Bonchev–Trinajstić information content (AvgIpc) is 3.08. The molecule has 0 spiro atoms. The monoisotopic (exact) mass is 364 g/mol. The zero-order valence-corrected chi connectivity index (χ0v) is 14.9. The van der Waals surface area contributed by atoms with E-state index in [0.29, 0.717) is 17.3 Å². The number of aromatic nitrogens is 3. The molecule has 25 heavy (non-hydrogen) atoms. The van der Waals surface area contributed by atoms with Crippen LogP contribution in [-0.2, 0) is 0 Å². The molecule has 0 aromatic carbocycles. The number of carbonyl (C=O) groups is 1. The Hall–Kier alpha value is -2.29. The Labute approximate surface area is 152 Å². The van der Waals surface area contributed by atoms with Crippen LogP contribution in [0.5, 0.6) is 0 Å². The van der Waals surface area contributed by atoms with E-state index in [1.165, 1.54) is 6.20 Å². The maximum atomic E-state index is 11.6. The van der Waals surface area contributed by atoms with Crippen LogP contribution in [0, 0.1) is 0 Å². The van der Waals surface area contributed by atoms with Gasteiger partial charge in [-0.15, -0.1) is 12.4 Å². The number of hydrogen-bond donors (Lipinski definition) is 2. The van der Waals surface area contributed by atoms with Gasteiger partial charge in [0.05, 0.1) is 11.6 Å². The lowest BCUT2D eigenvalue weighted by atomic mass is 10.2. The molecule has 1 amide bonds. The van der Waals surface area contributed by atoms with Gasteiger partial charge in [0.25, 0.3) is 11.8 Å². The predicted octanol–water partition coefficient (Wildman–Crippen LogP) is 0.992. The maximum absolute atomic E-state index is 11.6. The summed E-state index contributed by atoms with van der Waals surface area (Å²) in [4.78, 5) is 22.3. The molecule has 3 heterocycles. The summed E-state index contributed by atoms with van der Waals surface area (Å²) in [7, 11) is 3.63. The number of carbonyl (C=O) groups excluding carboxylic acids is 1. The standard InChI is InChI=1S/C16H20N6O2.ClH/c1-17-16(23)12-7-11(8-19-9-12)3-4-14-20-15(21-24-14)13-10-18-5-6-22(13)2;/h3-4,7-9,13,18H,5-6,10H2,1-2H3,(H,17,23);1H/b4-3+;. The molecule has 2 aromatic rings. The van der Waals surface area contributed by atoms with Crippen molar-refractivity contribution in [2.75, 3.05) is 33.7 Å². The normalized spacial score (nSPS) is 18.1. The third-order valence-corrected chi connectivity index (χ3v) is 3.93. The van der Waals surface area contributed by atoms with Crippen LogP contribution in [0.15, 0.2) is 23.0 Å². The highest BCUT2D eigenvalue weighted by molar-refractivity contribution is 5.94. The van der Waals surface area contributed by atoms with Crippen LogP contribution in [0.3, 0.4) is 0 Å². The topological polar surface area (TPSA) is 96.2 Å². The van der Waals surface area contributed by atoms with Crippen LogP contribution in [0.2, 0.25) is 0 Å². The zero-order chi connectivity index (χ0) is 16.9. The molecule has 0 saturated carbocycles. The Kier molecular flexibility index (Phi) is 6.63. The molecule has 1 saturated heterocycles. The summed E-state index contributed by atoms with van der Waals surface area (Å²) in [5, 5.41) is 9.96. The summed E-state index contributed by atoms with van der Waals surface area (Å²) in [6.07, 6.45) is 6.70. The maximum Gasteiger partial charge on any atom is 0.252 e. The first-order chi connectivity index (χ1) is 11.7. The largest absolute Gasteiger partial charge is 0.355 e. The van der Waals surface area contributed by atoms with E-state index in [9.17, 15) is 4.79 Å². The van der Waals surface area contributed by atoms with Gasteiger partial charge in [-0.1, -0.05) is 5.16 Å². The Morgan fingerprint density at radius 3 is 3.04 bits per heavy atom. The van der Waals surface area contributed by atoms with Crippen LogP contribution in [-0.4, -0.2) is 59.7 Å². The molecule has 2 aromatic heterocycles. The Balaban J connectivity index is 0.00000225. The molecule has 0 radical (unpaired) electrons. The first-order valence-electron chi connectivity index (χ1n) is 7.77. The predicted molar refractivity (Wildman–Crippen MR) is 96.3 cm³/mol. The summed E-state index contributed by atoms with van der Waals surface area (Å²) in [6, 6.07) is 1.86. The van der Waals surface area contributed by atoms with Crippen molar-refractivity contribution in [2.45, 2.75) is 6.04 Å². The van der Waals surface area contributed by atoms with E-state index in [1.54, 1.807) is 31.5 Å². The molecule has 1 aliphatic rings. The second-order valence-corrected chi connectivity index (χ2v) is 5.61. The number of likely N-dealkylation sites (N-methyl/N-ethyl adjacent to an activating group) is 1. The number of amides is 1. The second kappa shape index (κ2) is 8.70. The lowest BCUT2D eigenvalue weighted by Gasteiger charge is -2.30. The minimum Gasteiger partial charge on any atom is -0.355 e. The van der Waals surface area contributed by atoms with Crippen LogP contribution >= 0.6 is 12.4 Å². The van der Waals surface area contributed by atoms with E-state index in [4.69, 9.17) is 4.52 Å². The summed E-state index contributed by atoms with van der Waals surface area (Å²) >= 11 is 0. The minimum absolute atomic E-state index is 0. The number of pyridine rings is 1. The van der Waals surface area contributed by atoms with E-state index in [-0.39, 0.29) is 24.4 Å². The number of nitrogens with one attached hydrogen (secondary N) is 2. The molecule has 1 atom stereocenters. The SMILES string of the molecule is CNC(=O)c1cncc(/C=C/c2nc(C3CNCCN3C)no2)c1.Cl. The van der Waals surface area contributed by atoms with Gasteiger partial charge < -0.3 is 15.2 Å². The van der Waals surface area contributed by atoms with Gasteiger partial charge in [0.2, 0.25) is 0 Å². The van der Waals surface area contributed by atoms with E-state index >= 15 is 0 Å². The molecule has 134 valence electrons. The fraction of sp³-hybridized carbons (Fsp3) is 0.375. The summed E-state index contributed by atoms with van der Waals surface area (Å²) < 4.78 is 5.28. The van der Waals surface area contributed by atoms with Crippen LogP contribution < -0.4 is 10.6 Å². The lowest BCUT2D eigenvalue weighted by Crippen LogP contribution is -2.44. The molecule has 1 unspecified atom stereocenters. The molecular formula is C16H21ClN6O2. The summed E-state index contributed by atoms with van der Waals surface area (Å²) in [6.45, 7) is 2.71. The third kappa shape index (κ3) is 4.62. The van der Waals surface area contributed by atoms with Crippen molar-refractivity contribution in [3.63, 3.8) is 0 Å². The molecule has 9 heteroatoms. The van der Waals surface area contributed by atoms with Gasteiger partial charge in [0.15, 0.2) is 5.82 Å². The number of nitrogens with zero attached hydrogens (tertiary/aromatic N) is 4. The van der Waals surface area contributed by atoms with Gasteiger partial charge in [0, 0.05) is 45.2 Å². The molecular weight excluding hydrogens is 344 g/mol. The molecule has 0 aliphatic carbocycles. The number of piperazine rings is 1. The Morgan fingerprint density at radius 1 is 1.44 bits per heavy atom. The second-order valence-electron chi connectivity index (χ2n) is 5.61.